The molecule has 9 heavy (non-hydrogen) atoms. The van der Waals surface area contributed by atoms with Gasteiger partial charge in [0.05, 0.1) is 0 Å². The van der Waals surface area contributed by atoms with E-state index >= 15 is 0 Å². The van der Waals surface area contributed by atoms with Crippen molar-refractivity contribution in [1.29, 1.82) is 0 Å². The van der Waals surface area contributed by atoms with Crippen LogP contribution >= 0.6 is 0 Å². The summed E-state index contributed by atoms with van der Waals surface area (Å²) in [6, 6.07) is 0. The van der Waals surface area contributed by atoms with Crippen LogP contribution in [0.5, 0.6) is 0 Å². The molecule has 0 aromatic heterocycles. The van der Waals surface area contributed by atoms with E-state index in [1.165, 1.54) is 19.3 Å². The van der Waals surface area contributed by atoms with E-state index in [-0.39, 0.29) is 0 Å². The molecule has 3 rings (SSSR count). The number of carbonyl (C=O) groups excluding carboxylic acids is 1. The minimum Gasteiger partial charge on any atom is -0.299 e. The monoisotopic (exact) mass is 122 g/mol. The topological polar surface area (TPSA) is 17.1 Å². The van der Waals surface area contributed by atoms with Crippen LogP contribution in [0.4, 0.5) is 0 Å². The number of hydrogen-bond donors (Lipinski definition) is 0. The smallest absolute Gasteiger partial charge is 0.139 e. The molecule has 0 spiro atoms. The quantitative estimate of drug-likeness (QED) is 0.472. The van der Waals surface area contributed by atoms with Crippen LogP contribution in [0, 0.1) is 23.7 Å². The van der Waals surface area contributed by atoms with Crippen molar-refractivity contribution in [3.05, 3.63) is 0 Å². The number of rotatable bonds is 0. The van der Waals surface area contributed by atoms with Crippen LogP contribution in [0.1, 0.15) is 19.3 Å². The molecule has 0 N–H and O–H groups in total. The number of hydrogen-bond acceptors (Lipinski definition) is 1. The summed E-state index contributed by atoms with van der Waals surface area (Å²) in [5.74, 6) is 3.46. The largest absolute Gasteiger partial charge is 0.299 e. The predicted octanol–water partition coefficient (Wildman–Crippen LogP) is 1.23. The van der Waals surface area contributed by atoms with E-state index in [0.29, 0.717) is 17.6 Å². The maximum Gasteiger partial charge on any atom is 0.139 e. The molecular formula is C8H10O. The van der Waals surface area contributed by atoms with Gasteiger partial charge >= 0.3 is 0 Å². The van der Waals surface area contributed by atoms with E-state index in [2.05, 4.69) is 0 Å². The lowest BCUT2D eigenvalue weighted by atomic mass is 9.73. The number of Topliss-reactive ketones (excluding diaryl/α,β-unsaturated/α-hetero) is 1. The van der Waals surface area contributed by atoms with Gasteiger partial charge in [-0.2, -0.15) is 0 Å². The Labute approximate surface area is 54.4 Å². The zero-order valence-electron chi connectivity index (χ0n) is 5.34. The maximum atomic E-state index is 11.2. The first-order valence-electron chi connectivity index (χ1n) is 3.91. The van der Waals surface area contributed by atoms with Gasteiger partial charge in [-0.25, -0.2) is 0 Å². The second kappa shape index (κ2) is 1.09. The molecule has 1 nitrogen and oxygen atoms in total. The SMILES string of the molecule is O=C1[C@H]2CC[C@H]2[C@@H]2C[C@H]12. The Morgan fingerprint density at radius 1 is 1.11 bits per heavy atom. The highest BCUT2D eigenvalue weighted by molar-refractivity contribution is 5.90. The highest BCUT2D eigenvalue weighted by Crippen LogP contribution is 2.62. The fourth-order valence-corrected chi connectivity index (χ4v) is 2.68. The lowest BCUT2D eigenvalue weighted by molar-refractivity contribution is -0.125. The fourth-order valence-electron chi connectivity index (χ4n) is 2.68. The predicted molar refractivity (Wildman–Crippen MR) is 32.8 cm³/mol. The van der Waals surface area contributed by atoms with Crippen molar-refractivity contribution in [2.75, 3.05) is 0 Å². The molecule has 3 saturated carbocycles. The summed E-state index contributed by atoms with van der Waals surface area (Å²) in [5.41, 5.74) is 0. The van der Waals surface area contributed by atoms with E-state index in [1.54, 1.807) is 0 Å². The first-order chi connectivity index (χ1) is 4.38. The van der Waals surface area contributed by atoms with Crippen LogP contribution < -0.4 is 0 Å². The van der Waals surface area contributed by atoms with Crippen molar-refractivity contribution in [2.45, 2.75) is 19.3 Å². The summed E-state index contributed by atoms with van der Waals surface area (Å²) in [6.45, 7) is 0. The van der Waals surface area contributed by atoms with Gasteiger partial charge in [0.15, 0.2) is 0 Å². The van der Waals surface area contributed by atoms with Crippen molar-refractivity contribution in [1.82, 2.24) is 0 Å². The fraction of sp³-hybridized carbons (Fsp3) is 0.875. The molecule has 0 saturated heterocycles. The van der Waals surface area contributed by atoms with Gasteiger partial charge in [-0.05, 0) is 31.1 Å². The van der Waals surface area contributed by atoms with Crippen LogP contribution in [-0.4, -0.2) is 5.78 Å². The van der Waals surface area contributed by atoms with Gasteiger partial charge in [-0.3, -0.25) is 4.79 Å². The molecule has 48 valence electrons. The third-order valence-corrected chi connectivity index (χ3v) is 3.45. The van der Waals surface area contributed by atoms with Gasteiger partial charge in [0.25, 0.3) is 0 Å². The summed E-state index contributed by atoms with van der Waals surface area (Å²) in [6.07, 6.45) is 3.83. The molecule has 3 aliphatic carbocycles. The van der Waals surface area contributed by atoms with Gasteiger partial charge in [-0.1, -0.05) is 0 Å². The van der Waals surface area contributed by atoms with Crippen molar-refractivity contribution in [3.8, 4) is 0 Å². The molecule has 0 unspecified atom stereocenters. The average Bonchev–Trinajstić information content (AvgIpc) is 2.38. The minimum atomic E-state index is 0.550. The zero-order chi connectivity index (χ0) is 6.01. The Hall–Kier alpha value is -0.330. The molecule has 0 amide bonds. The average molecular weight is 122 g/mol. The molecule has 0 aromatic rings. The first-order valence-corrected chi connectivity index (χ1v) is 3.91. The molecule has 0 heterocycles. The summed E-state index contributed by atoms with van der Waals surface area (Å²) in [4.78, 5) is 11.2. The molecule has 3 aliphatic rings. The van der Waals surface area contributed by atoms with E-state index < -0.39 is 0 Å². The molecular weight excluding hydrogens is 112 g/mol. The van der Waals surface area contributed by atoms with Gasteiger partial charge in [0, 0.05) is 11.8 Å². The van der Waals surface area contributed by atoms with E-state index in [9.17, 15) is 4.79 Å². The Morgan fingerprint density at radius 3 is 2.33 bits per heavy atom. The van der Waals surface area contributed by atoms with Gasteiger partial charge in [0.2, 0.25) is 0 Å². The highest BCUT2D eigenvalue weighted by atomic mass is 16.1. The summed E-state index contributed by atoms with van der Waals surface area (Å²) < 4.78 is 0. The Balaban J connectivity index is 2.00. The maximum absolute atomic E-state index is 11.2. The molecule has 1 heteroatoms. The summed E-state index contributed by atoms with van der Waals surface area (Å²) in [7, 11) is 0. The first kappa shape index (κ1) is 4.48. The third-order valence-electron chi connectivity index (χ3n) is 3.45. The molecule has 4 atom stereocenters. The Kier molecular flexibility index (Phi) is 0.544. The zero-order valence-corrected chi connectivity index (χ0v) is 5.34. The molecule has 0 aliphatic heterocycles. The van der Waals surface area contributed by atoms with Crippen molar-refractivity contribution in [3.63, 3.8) is 0 Å². The van der Waals surface area contributed by atoms with Gasteiger partial charge < -0.3 is 0 Å². The van der Waals surface area contributed by atoms with E-state index in [0.717, 1.165) is 11.8 Å². The third kappa shape index (κ3) is 0.347. The van der Waals surface area contributed by atoms with Crippen molar-refractivity contribution in [2.24, 2.45) is 23.7 Å². The van der Waals surface area contributed by atoms with Gasteiger partial charge in [-0.15, -0.1) is 0 Å². The number of carbonyl (C=O) groups is 1. The van der Waals surface area contributed by atoms with Crippen LogP contribution in [0.3, 0.4) is 0 Å². The Morgan fingerprint density at radius 2 is 2.00 bits per heavy atom. The number of ketones is 1. The van der Waals surface area contributed by atoms with Crippen LogP contribution in [0.25, 0.3) is 0 Å². The molecule has 0 radical (unpaired) electrons. The normalized spacial score (nSPS) is 60.2. The van der Waals surface area contributed by atoms with Crippen LogP contribution in [0.15, 0.2) is 0 Å². The Bertz CT molecular complexity index is 185. The summed E-state index contributed by atoms with van der Waals surface area (Å²) >= 11 is 0. The second-order valence-electron chi connectivity index (χ2n) is 3.76. The lowest BCUT2D eigenvalue weighted by Gasteiger charge is -2.30. The molecule has 3 fully saturated rings. The van der Waals surface area contributed by atoms with Crippen LogP contribution in [-0.2, 0) is 4.79 Å². The van der Waals surface area contributed by atoms with Crippen molar-refractivity contribution >= 4 is 5.78 Å². The second-order valence-corrected chi connectivity index (χ2v) is 3.76. The van der Waals surface area contributed by atoms with E-state index in [1.807, 2.05) is 0 Å². The molecule has 0 bridgehead atoms. The molecule has 0 aromatic carbocycles. The lowest BCUT2D eigenvalue weighted by Crippen LogP contribution is -2.28. The van der Waals surface area contributed by atoms with Crippen LogP contribution in [0.2, 0.25) is 0 Å². The summed E-state index contributed by atoms with van der Waals surface area (Å²) in [5, 5.41) is 0. The minimum absolute atomic E-state index is 0.550. The highest BCUT2D eigenvalue weighted by Gasteiger charge is 2.62. The van der Waals surface area contributed by atoms with E-state index in [4.69, 9.17) is 0 Å². The van der Waals surface area contributed by atoms with Gasteiger partial charge in [0.1, 0.15) is 5.78 Å². The standard InChI is InChI=1S/C8H10O/c9-8-5-2-1-4(5)6-3-7(6)8/h4-7H,1-3H2/t4-,5+,6+,7+/m1/s1. The number of fused-ring (bicyclic) bond motifs is 3. The van der Waals surface area contributed by atoms with Crippen molar-refractivity contribution < 1.29 is 4.79 Å².